The van der Waals surface area contributed by atoms with E-state index in [-0.39, 0.29) is 23.9 Å². The molecule has 37 heavy (non-hydrogen) atoms. The molecule has 2 N–H and O–H groups in total. The molecule has 8 heteroatoms. The first-order valence-corrected chi connectivity index (χ1v) is 12.7. The second kappa shape index (κ2) is 12.3. The van der Waals surface area contributed by atoms with E-state index in [1.807, 2.05) is 72.8 Å². The topological polar surface area (TPSA) is 101 Å². The van der Waals surface area contributed by atoms with Crippen molar-refractivity contribution in [3.63, 3.8) is 0 Å². The van der Waals surface area contributed by atoms with Crippen molar-refractivity contribution >= 4 is 45.8 Å². The van der Waals surface area contributed by atoms with Crippen LogP contribution in [0.2, 0.25) is 0 Å². The third kappa shape index (κ3) is 7.01. The van der Waals surface area contributed by atoms with E-state index >= 15 is 0 Å². The van der Waals surface area contributed by atoms with Crippen LogP contribution in [0.5, 0.6) is 0 Å². The molecule has 0 radical (unpaired) electrons. The number of rotatable bonds is 9. The molecule has 186 valence electrons. The average Bonchev–Trinajstić information content (AvgIpc) is 2.91. The lowest BCUT2D eigenvalue weighted by Crippen LogP contribution is -2.47. The highest BCUT2D eigenvalue weighted by Crippen LogP contribution is 2.25. The largest absolute Gasteiger partial charge is 0.343 e. The minimum atomic E-state index is -0.914. The van der Waals surface area contributed by atoms with E-state index in [2.05, 4.69) is 33.2 Å². The molecule has 0 aliphatic carbocycles. The van der Waals surface area contributed by atoms with Gasteiger partial charge in [-0.15, -0.1) is 0 Å². The lowest BCUT2D eigenvalue weighted by atomic mass is 9.90. The number of nitrogens with one attached hydrogen (secondary N) is 2. The summed E-state index contributed by atoms with van der Waals surface area (Å²) in [5.74, 6) is -1.32. The van der Waals surface area contributed by atoms with Crippen LogP contribution in [0.3, 0.4) is 0 Å². The van der Waals surface area contributed by atoms with Crippen LogP contribution in [-0.4, -0.2) is 22.8 Å². The Morgan fingerprint density at radius 3 is 1.81 bits per heavy atom. The Balaban J connectivity index is 1.62. The normalized spacial score (nSPS) is 11.5. The van der Waals surface area contributed by atoms with Crippen molar-refractivity contribution in [2.45, 2.75) is 18.4 Å². The first-order chi connectivity index (χ1) is 17.9. The first kappa shape index (κ1) is 26.0. The first-order valence-electron chi connectivity index (χ1n) is 11.6. The van der Waals surface area contributed by atoms with Crippen LogP contribution < -0.4 is 10.6 Å². The number of benzene rings is 4. The van der Waals surface area contributed by atoms with E-state index in [4.69, 9.17) is 0 Å². The Morgan fingerprint density at radius 1 is 0.757 bits per heavy atom. The fourth-order valence-corrected chi connectivity index (χ4v) is 4.36. The molecule has 4 aromatic rings. The van der Waals surface area contributed by atoms with Crippen molar-refractivity contribution in [3.05, 3.63) is 140 Å². The van der Waals surface area contributed by atoms with Gasteiger partial charge >= 0.3 is 0 Å². The molecule has 0 aliphatic rings. The lowest BCUT2D eigenvalue weighted by Gasteiger charge is -2.23. The number of nitrogens with zero attached hydrogens (tertiary/aromatic N) is 1. The number of nitro groups is 1. The van der Waals surface area contributed by atoms with Gasteiger partial charge in [-0.2, -0.15) is 0 Å². The Kier molecular flexibility index (Phi) is 8.63. The summed E-state index contributed by atoms with van der Waals surface area (Å²) in [7, 11) is 0. The van der Waals surface area contributed by atoms with Crippen LogP contribution in [0.25, 0.3) is 0 Å². The minimum absolute atomic E-state index is 0.0408. The van der Waals surface area contributed by atoms with Gasteiger partial charge in [-0.3, -0.25) is 19.7 Å². The smallest absolute Gasteiger partial charge is 0.269 e. The molecular formula is C29H24IN3O4. The number of halogens is 1. The van der Waals surface area contributed by atoms with Crippen LogP contribution in [0.15, 0.2) is 109 Å². The molecule has 4 aromatic carbocycles. The molecule has 4 rings (SSSR count). The van der Waals surface area contributed by atoms with Gasteiger partial charge in [0.1, 0.15) is 6.04 Å². The van der Waals surface area contributed by atoms with Crippen LogP contribution >= 0.6 is 22.6 Å². The third-order valence-electron chi connectivity index (χ3n) is 5.86. The molecule has 0 saturated carbocycles. The number of anilines is 1. The molecule has 7 nitrogen and oxygen atoms in total. The molecule has 0 heterocycles. The van der Waals surface area contributed by atoms with E-state index in [1.54, 1.807) is 24.3 Å². The monoisotopic (exact) mass is 605 g/mol. The molecule has 1 unspecified atom stereocenters. The highest BCUT2D eigenvalue weighted by Gasteiger charge is 2.28. The van der Waals surface area contributed by atoms with Crippen molar-refractivity contribution in [1.29, 1.82) is 0 Å². The lowest BCUT2D eigenvalue weighted by molar-refractivity contribution is -0.384. The standard InChI is InChI=1S/C29H24IN3O4/c30-23-13-15-24(16-14-23)31-28(34)26(19-20-11-17-25(18-12-20)33(36)37)32-29(35)27(21-7-3-1-4-8-21)22-9-5-2-6-10-22/h1-18,26-27H,19H2,(H,31,34)(H,32,35). The zero-order valence-corrected chi connectivity index (χ0v) is 21.9. The molecule has 0 saturated heterocycles. The number of hydrogen-bond acceptors (Lipinski definition) is 4. The maximum atomic E-state index is 13.7. The Hall–Kier alpha value is -4.05. The van der Waals surface area contributed by atoms with Gasteiger partial charge in [0.25, 0.3) is 5.69 Å². The second-order valence-electron chi connectivity index (χ2n) is 8.44. The number of non-ortho nitro benzene ring substituents is 1. The van der Waals surface area contributed by atoms with Gasteiger partial charge in [-0.25, -0.2) is 0 Å². The summed E-state index contributed by atoms with van der Waals surface area (Å²) in [6.45, 7) is 0. The number of amides is 2. The molecular weight excluding hydrogens is 581 g/mol. The molecule has 0 aliphatic heterocycles. The molecule has 2 amide bonds. The van der Waals surface area contributed by atoms with Crippen molar-refractivity contribution in [2.24, 2.45) is 0 Å². The fourth-order valence-electron chi connectivity index (χ4n) is 4.00. The predicted octanol–water partition coefficient (Wildman–Crippen LogP) is 5.70. The van der Waals surface area contributed by atoms with Gasteiger partial charge in [0, 0.05) is 27.8 Å². The van der Waals surface area contributed by atoms with Gasteiger partial charge in [0.05, 0.1) is 10.8 Å². The van der Waals surface area contributed by atoms with E-state index < -0.39 is 16.9 Å². The van der Waals surface area contributed by atoms with Crippen molar-refractivity contribution < 1.29 is 14.5 Å². The van der Waals surface area contributed by atoms with Crippen molar-refractivity contribution in [2.75, 3.05) is 5.32 Å². The van der Waals surface area contributed by atoms with Crippen molar-refractivity contribution in [3.8, 4) is 0 Å². The zero-order chi connectivity index (χ0) is 26.2. The zero-order valence-electron chi connectivity index (χ0n) is 19.7. The van der Waals surface area contributed by atoms with E-state index in [0.717, 1.165) is 14.7 Å². The highest BCUT2D eigenvalue weighted by atomic mass is 127. The Morgan fingerprint density at radius 2 is 1.30 bits per heavy atom. The van der Waals surface area contributed by atoms with E-state index in [1.165, 1.54) is 12.1 Å². The summed E-state index contributed by atoms with van der Waals surface area (Å²) in [5.41, 5.74) is 2.86. The summed E-state index contributed by atoms with van der Waals surface area (Å²) in [6, 6.07) is 31.2. The molecule has 0 fully saturated rings. The summed E-state index contributed by atoms with van der Waals surface area (Å²) in [4.78, 5) is 37.6. The van der Waals surface area contributed by atoms with E-state index in [0.29, 0.717) is 11.3 Å². The molecule has 0 aromatic heterocycles. The quantitative estimate of drug-likeness (QED) is 0.145. The van der Waals surface area contributed by atoms with Gasteiger partial charge in [-0.1, -0.05) is 72.8 Å². The van der Waals surface area contributed by atoms with Crippen LogP contribution in [0.4, 0.5) is 11.4 Å². The van der Waals surface area contributed by atoms with Crippen LogP contribution in [-0.2, 0) is 16.0 Å². The van der Waals surface area contributed by atoms with Gasteiger partial charge < -0.3 is 10.6 Å². The van der Waals surface area contributed by atoms with Gasteiger partial charge in [0.2, 0.25) is 11.8 Å². The van der Waals surface area contributed by atoms with Gasteiger partial charge in [-0.05, 0) is 63.5 Å². The number of carbonyl (C=O) groups is 2. The third-order valence-corrected chi connectivity index (χ3v) is 6.58. The second-order valence-corrected chi connectivity index (χ2v) is 9.69. The minimum Gasteiger partial charge on any atom is -0.343 e. The summed E-state index contributed by atoms with van der Waals surface area (Å²) >= 11 is 2.18. The van der Waals surface area contributed by atoms with Crippen LogP contribution in [0, 0.1) is 13.7 Å². The molecule has 0 spiro atoms. The highest BCUT2D eigenvalue weighted by molar-refractivity contribution is 14.1. The average molecular weight is 605 g/mol. The SMILES string of the molecule is O=C(Nc1ccc(I)cc1)C(Cc1ccc([N+](=O)[O-])cc1)NC(=O)C(c1ccccc1)c1ccccc1. The number of nitro benzene ring substituents is 1. The van der Waals surface area contributed by atoms with E-state index in [9.17, 15) is 19.7 Å². The predicted molar refractivity (Wildman–Crippen MR) is 151 cm³/mol. The fraction of sp³-hybridized carbons (Fsp3) is 0.103. The molecule has 1 atom stereocenters. The van der Waals surface area contributed by atoms with Crippen molar-refractivity contribution in [1.82, 2.24) is 5.32 Å². The summed E-state index contributed by atoms with van der Waals surface area (Å²) in [5, 5.41) is 16.9. The van der Waals surface area contributed by atoms with Gasteiger partial charge in [0.15, 0.2) is 0 Å². The molecule has 0 bridgehead atoms. The number of hydrogen-bond donors (Lipinski definition) is 2. The number of carbonyl (C=O) groups excluding carboxylic acids is 2. The maximum Gasteiger partial charge on any atom is 0.269 e. The maximum absolute atomic E-state index is 13.7. The Bertz CT molecular complexity index is 1320. The summed E-state index contributed by atoms with van der Waals surface area (Å²) in [6.07, 6.45) is 0.163. The van der Waals surface area contributed by atoms with Crippen LogP contribution in [0.1, 0.15) is 22.6 Å². The summed E-state index contributed by atoms with van der Waals surface area (Å²) < 4.78 is 1.03. The Labute approximate surface area is 228 Å².